The molecule has 0 saturated carbocycles. The predicted molar refractivity (Wildman–Crippen MR) is 91.0 cm³/mol. The first-order valence-corrected chi connectivity index (χ1v) is 7.97. The average molecular weight is 293 g/mol. The lowest BCUT2D eigenvalue weighted by atomic mass is 9.99. The van der Waals surface area contributed by atoms with E-state index in [2.05, 4.69) is 41.4 Å². The summed E-state index contributed by atoms with van der Waals surface area (Å²) >= 11 is 1.66. The molecule has 0 amide bonds. The van der Waals surface area contributed by atoms with Crippen LogP contribution in [0, 0.1) is 6.92 Å². The monoisotopic (exact) mass is 293 g/mol. The highest BCUT2D eigenvalue weighted by Crippen LogP contribution is 2.33. The second-order valence-corrected chi connectivity index (χ2v) is 6.53. The van der Waals surface area contributed by atoms with E-state index >= 15 is 0 Å². The van der Waals surface area contributed by atoms with Gasteiger partial charge in [0, 0.05) is 21.8 Å². The molecule has 0 atom stereocenters. The van der Waals surface area contributed by atoms with Crippen molar-refractivity contribution in [3.63, 3.8) is 0 Å². The van der Waals surface area contributed by atoms with Gasteiger partial charge in [0.15, 0.2) is 5.43 Å². The molecule has 0 unspecified atom stereocenters. The normalized spacial score (nSPS) is 14.8. The van der Waals surface area contributed by atoms with E-state index in [1.54, 1.807) is 17.4 Å². The minimum atomic E-state index is 0.108. The molecule has 2 aromatic heterocycles. The molecule has 0 fully saturated rings. The van der Waals surface area contributed by atoms with E-state index in [9.17, 15) is 4.79 Å². The maximum atomic E-state index is 12.2. The fourth-order valence-corrected chi connectivity index (χ4v) is 4.13. The van der Waals surface area contributed by atoms with E-state index in [0.717, 1.165) is 34.1 Å². The summed E-state index contributed by atoms with van der Waals surface area (Å²) in [5.74, 6) is 0. The minimum absolute atomic E-state index is 0.108. The molecule has 0 saturated heterocycles. The fraction of sp³-hybridized carbons (Fsp3) is 0.167. The fourth-order valence-electron chi connectivity index (χ4n) is 2.92. The Balaban J connectivity index is 1.99. The lowest BCUT2D eigenvalue weighted by Gasteiger charge is -2.07. The molecule has 0 bridgehead atoms. The Hall–Kier alpha value is -2.13. The lowest BCUT2D eigenvalue weighted by Crippen LogP contribution is -2.00. The van der Waals surface area contributed by atoms with E-state index in [1.165, 1.54) is 15.8 Å². The van der Waals surface area contributed by atoms with Crippen molar-refractivity contribution < 1.29 is 0 Å². The van der Waals surface area contributed by atoms with Crippen LogP contribution in [0.4, 0.5) is 0 Å². The SMILES string of the molecule is Cc1cc(=O)c2c([nH]1)sc1cc(C3=CCCC=C3)ccc12. The van der Waals surface area contributed by atoms with Gasteiger partial charge in [-0.3, -0.25) is 4.79 Å². The van der Waals surface area contributed by atoms with Crippen LogP contribution in [0.3, 0.4) is 0 Å². The summed E-state index contributed by atoms with van der Waals surface area (Å²) in [6, 6.07) is 8.07. The van der Waals surface area contributed by atoms with Crippen molar-refractivity contribution >= 4 is 37.2 Å². The molecule has 3 aromatic rings. The molecule has 2 nitrogen and oxygen atoms in total. The minimum Gasteiger partial charge on any atom is -0.350 e. The number of nitrogens with one attached hydrogen (secondary N) is 1. The molecule has 4 rings (SSSR count). The Morgan fingerprint density at radius 3 is 2.90 bits per heavy atom. The molecule has 0 aliphatic heterocycles. The topological polar surface area (TPSA) is 32.9 Å². The van der Waals surface area contributed by atoms with Gasteiger partial charge in [-0.05, 0) is 37.0 Å². The van der Waals surface area contributed by atoms with Gasteiger partial charge < -0.3 is 4.98 Å². The van der Waals surface area contributed by atoms with Gasteiger partial charge in [0.25, 0.3) is 0 Å². The third-order valence-electron chi connectivity index (χ3n) is 3.92. The zero-order valence-corrected chi connectivity index (χ0v) is 12.6. The molecule has 3 heteroatoms. The molecular formula is C18H15NOS. The number of pyridine rings is 1. The van der Waals surface area contributed by atoms with Gasteiger partial charge in [0.2, 0.25) is 0 Å². The number of aromatic amines is 1. The van der Waals surface area contributed by atoms with Crippen LogP contribution in [-0.4, -0.2) is 4.98 Å². The van der Waals surface area contributed by atoms with Crippen molar-refractivity contribution in [3.05, 3.63) is 64.0 Å². The summed E-state index contributed by atoms with van der Waals surface area (Å²) in [4.78, 5) is 16.5. The molecule has 0 radical (unpaired) electrons. The number of benzene rings is 1. The van der Waals surface area contributed by atoms with Crippen molar-refractivity contribution in [2.24, 2.45) is 0 Å². The first-order chi connectivity index (χ1) is 10.2. The third kappa shape index (κ3) is 2.05. The highest BCUT2D eigenvalue weighted by molar-refractivity contribution is 7.25. The summed E-state index contributed by atoms with van der Waals surface area (Å²) in [6.07, 6.45) is 8.92. The summed E-state index contributed by atoms with van der Waals surface area (Å²) in [5.41, 5.74) is 3.53. The van der Waals surface area contributed by atoms with Crippen LogP contribution >= 0.6 is 11.3 Å². The largest absolute Gasteiger partial charge is 0.350 e. The van der Waals surface area contributed by atoms with E-state index in [-0.39, 0.29) is 5.43 Å². The Kier molecular flexibility index (Phi) is 2.82. The Morgan fingerprint density at radius 1 is 1.19 bits per heavy atom. The maximum absolute atomic E-state index is 12.2. The molecule has 1 aliphatic rings. The van der Waals surface area contributed by atoms with E-state index in [4.69, 9.17) is 0 Å². The van der Waals surface area contributed by atoms with E-state index < -0.39 is 0 Å². The maximum Gasteiger partial charge on any atom is 0.191 e. The molecule has 2 heterocycles. The summed E-state index contributed by atoms with van der Waals surface area (Å²) in [6.45, 7) is 1.92. The van der Waals surface area contributed by atoms with Gasteiger partial charge in [0.05, 0.1) is 5.39 Å². The van der Waals surface area contributed by atoms with Crippen molar-refractivity contribution in [1.82, 2.24) is 4.98 Å². The molecule has 1 aromatic carbocycles. The van der Waals surface area contributed by atoms with Crippen molar-refractivity contribution in [2.45, 2.75) is 19.8 Å². The van der Waals surface area contributed by atoms with Gasteiger partial charge >= 0.3 is 0 Å². The Bertz CT molecular complexity index is 972. The molecule has 104 valence electrons. The number of rotatable bonds is 1. The van der Waals surface area contributed by atoms with Gasteiger partial charge in [-0.25, -0.2) is 0 Å². The third-order valence-corrected chi connectivity index (χ3v) is 4.99. The Labute approximate surface area is 126 Å². The average Bonchev–Trinajstić information content (AvgIpc) is 2.85. The standard InChI is InChI=1S/C18H15NOS/c1-11-9-15(20)17-14-8-7-13(12-5-3-2-4-6-12)10-16(14)21-18(17)19-11/h3,5-10H,2,4H2,1H3,(H,19,20). The van der Waals surface area contributed by atoms with Gasteiger partial charge in [0.1, 0.15) is 4.83 Å². The number of allylic oxidation sites excluding steroid dienone is 4. The van der Waals surface area contributed by atoms with Crippen LogP contribution in [0.25, 0.3) is 25.9 Å². The van der Waals surface area contributed by atoms with Gasteiger partial charge in [-0.1, -0.05) is 30.4 Å². The summed E-state index contributed by atoms with van der Waals surface area (Å²) in [7, 11) is 0. The van der Waals surface area contributed by atoms with Crippen LogP contribution < -0.4 is 5.43 Å². The second-order valence-electron chi connectivity index (χ2n) is 5.47. The first kappa shape index (κ1) is 12.6. The van der Waals surface area contributed by atoms with Gasteiger partial charge in [-0.15, -0.1) is 11.3 Å². The zero-order chi connectivity index (χ0) is 14.4. The van der Waals surface area contributed by atoms with Gasteiger partial charge in [-0.2, -0.15) is 0 Å². The smallest absolute Gasteiger partial charge is 0.191 e. The molecule has 21 heavy (non-hydrogen) atoms. The number of aryl methyl sites for hydroxylation is 1. The molecular weight excluding hydrogens is 278 g/mol. The highest BCUT2D eigenvalue weighted by Gasteiger charge is 2.11. The number of aromatic nitrogens is 1. The van der Waals surface area contributed by atoms with Crippen molar-refractivity contribution in [3.8, 4) is 0 Å². The van der Waals surface area contributed by atoms with Crippen LogP contribution in [0.5, 0.6) is 0 Å². The molecule has 1 N–H and O–H groups in total. The number of hydrogen-bond acceptors (Lipinski definition) is 2. The summed E-state index contributed by atoms with van der Waals surface area (Å²) < 4.78 is 1.17. The molecule has 1 aliphatic carbocycles. The predicted octanol–water partition coefficient (Wildman–Crippen LogP) is 4.78. The number of hydrogen-bond donors (Lipinski definition) is 1. The lowest BCUT2D eigenvalue weighted by molar-refractivity contribution is 1.04. The first-order valence-electron chi connectivity index (χ1n) is 7.15. The van der Waals surface area contributed by atoms with Crippen molar-refractivity contribution in [1.29, 1.82) is 0 Å². The van der Waals surface area contributed by atoms with Crippen LogP contribution in [0.2, 0.25) is 0 Å². The van der Waals surface area contributed by atoms with E-state index in [1.807, 2.05) is 6.92 Å². The number of thiophene rings is 1. The molecule has 0 spiro atoms. The van der Waals surface area contributed by atoms with Crippen LogP contribution in [-0.2, 0) is 0 Å². The number of fused-ring (bicyclic) bond motifs is 3. The van der Waals surface area contributed by atoms with Crippen LogP contribution in [0.1, 0.15) is 24.1 Å². The zero-order valence-electron chi connectivity index (χ0n) is 11.8. The van der Waals surface area contributed by atoms with Crippen molar-refractivity contribution in [2.75, 3.05) is 0 Å². The van der Waals surface area contributed by atoms with Crippen LogP contribution in [0.15, 0.2) is 47.3 Å². The highest BCUT2D eigenvalue weighted by atomic mass is 32.1. The van der Waals surface area contributed by atoms with E-state index in [0.29, 0.717) is 0 Å². The summed E-state index contributed by atoms with van der Waals surface area (Å²) in [5, 5.41) is 1.88. The number of H-pyrrole nitrogens is 1. The second kappa shape index (κ2) is 4.71. The Morgan fingerprint density at radius 2 is 2.10 bits per heavy atom. The quantitative estimate of drug-likeness (QED) is 0.688.